The quantitative estimate of drug-likeness (QED) is 0.669. The van der Waals surface area contributed by atoms with Crippen molar-refractivity contribution >= 4 is 34.6 Å². The van der Waals surface area contributed by atoms with Gasteiger partial charge in [0.25, 0.3) is 0 Å². The lowest BCUT2D eigenvalue weighted by Crippen LogP contribution is -2.08. The van der Waals surface area contributed by atoms with Crippen molar-refractivity contribution in [2.24, 2.45) is 0 Å². The molecular formula is C14H11ClF2N2O2. The van der Waals surface area contributed by atoms with Gasteiger partial charge in [0.2, 0.25) is 0 Å². The number of methoxy groups -OCH3 is 1. The summed E-state index contributed by atoms with van der Waals surface area (Å²) in [5.41, 5.74) is 5.31. The minimum atomic E-state index is -0.737. The van der Waals surface area contributed by atoms with Crippen LogP contribution in [0.5, 0.6) is 0 Å². The number of ether oxygens (including phenoxy) is 1. The normalized spacial score (nSPS) is 10.3. The number of hydrogen-bond acceptors (Lipinski definition) is 4. The molecule has 0 bridgehead atoms. The van der Waals surface area contributed by atoms with E-state index in [1.54, 1.807) is 0 Å². The first-order chi connectivity index (χ1) is 9.92. The van der Waals surface area contributed by atoms with Crippen LogP contribution >= 0.6 is 11.6 Å². The first kappa shape index (κ1) is 15.1. The molecule has 2 aromatic carbocycles. The van der Waals surface area contributed by atoms with E-state index in [9.17, 15) is 13.6 Å². The second-order valence-electron chi connectivity index (χ2n) is 4.16. The Morgan fingerprint density at radius 3 is 2.52 bits per heavy atom. The van der Waals surface area contributed by atoms with Gasteiger partial charge in [-0.25, -0.2) is 13.6 Å². The molecular weight excluding hydrogens is 302 g/mol. The fourth-order valence-electron chi connectivity index (χ4n) is 1.71. The minimum absolute atomic E-state index is 0.0242. The number of nitrogens with one attached hydrogen (secondary N) is 1. The minimum Gasteiger partial charge on any atom is -0.465 e. The molecule has 21 heavy (non-hydrogen) atoms. The van der Waals surface area contributed by atoms with Crippen LogP contribution < -0.4 is 11.1 Å². The molecule has 110 valence electrons. The monoisotopic (exact) mass is 312 g/mol. The molecule has 2 rings (SSSR count). The van der Waals surface area contributed by atoms with E-state index in [-0.39, 0.29) is 27.6 Å². The predicted octanol–water partition coefficient (Wildman–Crippen LogP) is 3.73. The van der Waals surface area contributed by atoms with Crippen molar-refractivity contribution in [3.05, 3.63) is 52.6 Å². The molecule has 0 aliphatic heterocycles. The number of anilines is 3. The topological polar surface area (TPSA) is 64.3 Å². The highest BCUT2D eigenvalue weighted by Gasteiger charge is 2.15. The molecule has 0 aliphatic rings. The summed E-state index contributed by atoms with van der Waals surface area (Å²) >= 11 is 5.76. The van der Waals surface area contributed by atoms with E-state index >= 15 is 0 Å². The Labute approximate surface area is 124 Å². The highest BCUT2D eigenvalue weighted by molar-refractivity contribution is 6.30. The maximum absolute atomic E-state index is 13.9. The smallest absolute Gasteiger partial charge is 0.340 e. The van der Waals surface area contributed by atoms with Crippen LogP contribution in [0.1, 0.15) is 10.4 Å². The Morgan fingerprint density at radius 2 is 1.86 bits per heavy atom. The summed E-state index contributed by atoms with van der Waals surface area (Å²) in [6.45, 7) is 0. The number of nitrogen functional groups attached to an aromatic ring is 1. The highest BCUT2D eigenvalue weighted by atomic mass is 35.5. The number of hydrogen-bond donors (Lipinski definition) is 2. The summed E-state index contributed by atoms with van der Waals surface area (Å²) in [5, 5.41) is 2.81. The van der Waals surface area contributed by atoms with Crippen molar-refractivity contribution in [1.82, 2.24) is 0 Å². The lowest BCUT2D eigenvalue weighted by atomic mass is 10.1. The van der Waals surface area contributed by atoms with Crippen LogP contribution in [-0.2, 0) is 4.74 Å². The lowest BCUT2D eigenvalue weighted by Gasteiger charge is -2.12. The van der Waals surface area contributed by atoms with Gasteiger partial charge < -0.3 is 15.8 Å². The Balaban J connectivity index is 2.44. The molecule has 0 saturated heterocycles. The van der Waals surface area contributed by atoms with Crippen LogP contribution in [0.2, 0.25) is 5.02 Å². The molecule has 0 atom stereocenters. The van der Waals surface area contributed by atoms with E-state index in [0.29, 0.717) is 0 Å². The molecule has 0 saturated carbocycles. The van der Waals surface area contributed by atoms with Crippen molar-refractivity contribution in [1.29, 1.82) is 0 Å². The van der Waals surface area contributed by atoms with Gasteiger partial charge >= 0.3 is 5.97 Å². The number of carbonyl (C=O) groups is 1. The van der Waals surface area contributed by atoms with Crippen LogP contribution in [-0.4, -0.2) is 13.1 Å². The van der Waals surface area contributed by atoms with Crippen molar-refractivity contribution in [3.8, 4) is 0 Å². The first-order valence-corrected chi connectivity index (χ1v) is 6.19. The molecule has 0 aromatic heterocycles. The van der Waals surface area contributed by atoms with E-state index in [1.165, 1.54) is 19.2 Å². The zero-order chi connectivity index (χ0) is 15.6. The molecule has 0 aliphatic carbocycles. The van der Waals surface area contributed by atoms with Gasteiger partial charge in [0.05, 0.1) is 24.0 Å². The summed E-state index contributed by atoms with van der Waals surface area (Å²) in [6, 6.07) is 5.90. The Kier molecular flexibility index (Phi) is 4.28. The van der Waals surface area contributed by atoms with E-state index in [0.717, 1.165) is 18.2 Å². The summed E-state index contributed by atoms with van der Waals surface area (Å²) in [7, 11) is 1.18. The second-order valence-corrected chi connectivity index (χ2v) is 4.60. The molecule has 4 nitrogen and oxygen atoms in total. The summed E-state index contributed by atoms with van der Waals surface area (Å²) in [6.07, 6.45) is 0. The number of esters is 1. The van der Waals surface area contributed by atoms with Crippen LogP contribution in [0.3, 0.4) is 0 Å². The van der Waals surface area contributed by atoms with Crippen molar-refractivity contribution in [3.63, 3.8) is 0 Å². The fraction of sp³-hybridized carbons (Fsp3) is 0.0714. The van der Waals surface area contributed by atoms with Gasteiger partial charge in [-0.1, -0.05) is 11.6 Å². The molecule has 0 fully saturated rings. The van der Waals surface area contributed by atoms with Crippen LogP contribution in [0.25, 0.3) is 0 Å². The second kappa shape index (κ2) is 5.97. The largest absolute Gasteiger partial charge is 0.465 e. The fourth-order valence-corrected chi connectivity index (χ4v) is 1.88. The van der Waals surface area contributed by atoms with Gasteiger partial charge in [-0.15, -0.1) is 0 Å². The molecule has 2 aromatic rings. The van der Waals surface area contributed by atoms with Gasteiger partial charge in [0, 0.05) is 10.7 Å². The molecule has 0 amide bonds. The lowest BCUT2D eigenvalue weighted by molar-refractivity contribution is 0.0602. The number of benzene rings is 2. The Hall–Kier alpha value is -2.34. The number of nitrogens with two attached hydrogens (primary N) is 1. The predicted molar refractivity (Wildman–Crippen MR) is 76.8 cm³/mol. The summed E-state index contributed by atoms with van der Waals surface area (Å²) < 4.78 is 32.0. The summed E-state index contributed by atoms with van der Waals surface area (Å²) in [4.78, 5) is 11.5. The Bertz CT molecular complexity index is 708. The van der Waals surface area contributed by atoms with Crippen molar-refractivity contribution in [2.45, 2.75) is 0 Å². The molecule has 0 radical (unpaired) electrons. The van der Waals surface area contributed by atoms with Crippen molar-refractivity contribution in [2.75, 3.05) is 18.2 Å². The average molecular weight is 313 g/mol. The van der Waals surface area contributed by atoms with E-state index in [2.05, 4.69) is 10.1 Å². The van der Waals surface area contributed by atoms with Gasteiger partial charge in [-0.05, 0) is 30.3 Å². The van der Waals surface area contributed by atoms with Gasteiger partial charge in [-0.3, -0.25) is 0 Å². The maximum atomic E-state index is 13.9. The highest BCUT2D eigenvalue weighted by Crippen LogP contribution is 2.28. The first-order valence-electron chi connectivity index (χ1n) is 5.81. The Morgan fingerprint density at radius 1 is 1.19 bits per heavy atom. The molecule has 0 heterocycles. The summed E-state index contributed by atoms with van der Waals surface area (Å²) in [5.74, 6) is -2.07. The SMILES string of the molecule is COC(=O)c1cc(Nc2cc(Cl)ccc2F)c(F)cc1N. The molecule has 3 N–H and O–H groups in total. The number of rotatable bonds is 3. The van der Waals surface area contributed by atoms with Gasteiger partial charge in [0.15, 0.2) is 0 Å². The van der Waals surface area contributed by atoms with Gasteiger partial charge in [-0.2, -0.15) is 0 Å². The van der Waals surface area contributed by atoms with E-state index in [1.807, 2.05) is 0 Å². The number of carbonyl (C=O) groups excluding carboxylic acids is 1. The van der Waals surface area contributed by atoms with Crippen LogP contribution in [0.15, 0.2) is 30.3 Å². The molecule has 0 spiro atoms. The van der Waals surface area contributed by atoms with E-state index in [4.69, 9.17) is 17.3 Å². The van der Waals surface area contributed by atoms with Crippen LogP contribution in [0.4, 0.5) is 25.8 Å². The zero-order valence-electron chi connectivity index (χ0n) is 10.9. The van der Waals surface area contributed by atoms with Crippen LogP contribution in [0, 0.1) is 11.6 Å². The van der Waals surface area contributed by atoms with E-state index < -0.39 is 17.6 Å². The van der Waals surface area contributed by atoms with Gasteiger partial charge in [0.1, 0.15) is 11.6 Å². The maximum Gasteiger partial charge on any atom is 0.340 e. The third-order valence-corrected chi connectivity index (χ3v) is 2.98. The molecule has 0 unspecified atom stereocenters. The third kappa shape index (κ3) is 3.22. The standard InChI is InChI=1S/C14H11ClF2N2O2/c1-21-14(20)8-5-13(10(17)6-11(8)18)19-12-4-7(15)2-3-9(12)16/h2-6,19H,18H2,1H3. The third-order valence-electron chi connectivity index (χ3n) is 2.74. The average Bonchev–Trinajstić information content (AvgIpc) is 2.44. The molecule has 7 heteroatoms. The number of halogens is 3. The van der Waals surface area contributed by atoms with Crippen molar-refractivity contribution < 1.29 is 18.3 Å². The zero-order valence-corrected chi connectivity index (χ0v) is 11.7.